The van der Waals surface area contributed by atoms with E-state index < -0.39 is 5.82 Å². The Balaban J connectivity index is 1.50. The van der Waals surface area contributed by atoms with Crippen LogP contribution in [0.25, 0.3) is 11.3 Å². The Kier molecular flexibility index (Phi) is 6.00. The highest BCUT2D eigenvalue weighted by molar-refractivity contribution is 6.07. The van der Waals surface area contributed by atoms with Crippen LogP contribution < -0.4 is 20.1 Å². The first-order valence-electron chi connectivity index (χ1n) is 12.6. The topological polar surface area (TPSA) is 91.5 Å². The van der Waals surface area contributed by atoms with Gasteiger partial charge in [-0.15, -0.1) is 0 Å². The number of hydrogen-bond acceptors (Lipinski definition) is 6. The molecule has 2 aromatic heterocycles. The van der Waals surface area contributed by atoms with Gasteiger partial charge < -0.3 is 30.0 Å². The molecule has 4 aliphatic rings. The number of carbonyl (C=O) groups is 1. The molecule has 3 N–H and O–H groups in total. The number of rotatable bonds is 3. The van der Waals surface area contributed by atoms with Crippen molar-refractivity contribution in [2.45, 2.75) is 25.2 Å². The van der Waals surface area contributed by atoms with Crippen molar-refractivity contribution in [3.05, 3.63) is 53.7 Å². The Morgan fingerprint density at radius 2 is 2.14 bits per heavy atom. The van der Waals surface area contributed by atoms with Gasteiger partial charge in [0.15, 0.2) is 11.6 Å². The Bertz CT molecular complexity index is 1290. The molecule has 1 unspecified atom stereocenters. The number of pyridine rings is 1. The third kappa shape index (κ3) is 4.07. The van der Waals surface area contributed by atoms with E-state index in [0.717, 1.165) is 55.8 Å². The molecule has 1 amide bonds. The Hall–Kier alpha value is -3.59. The summed E-state index contributed by atoms with van der Waals surface area (Å²) >= 11 is 0. The van der Waals surface area contributed by atoms with E-state index in [0.29, 0.717) is 41.8 Å². The number of benzene rings is 1. The molecule has 0 radical (unpaired) electrons. The molecule has 7 rings (SSSR count). The predicted octanol–water partition coefficient (Wildman–Crippen LogP) is 4.29. The van der Waals surface area contributed by atoms with E-state index in [4.69, 9.17) is 9.47 Å². The molecule has 1 fully saturated rings. The number of nitrogens with zero attached hydrogens (tertiary/aromatic N) is 2. The average molecular weight is 492 g/mol. The first kappa shape index (κ1) is 22.8. The summed E-state index contributed by atoms with van der Waals surface area (Å²) in [7, 11) is 1.43. The summed E-state index contributed by atoms with van der Waals surface area (Å²) in [6.45, 7) is 4.39. The molecule has 3 aromatic rings. The minimum atomic E-state index is -0.479. The van der Waals surface area contributed by atoms with Crippen LogP contribution in [0.2, 0.25) is 0 Å². The third-order valence-corrected chi connectivity index (χ3v) is 7.44. The van der Waals surface area contributed by atoms with Crippen molar-refractivity contribution in [1.29, 1.82) is 0 Å². The van der Waals surface area contributed by atoms with Gasteiger partial charge in [-0.3, -0.25) is 9.78 Å². The van der Waals surface area contributed by atoms with Crippen LogP contribution in [0.4, 0.5) is 15.8 Å². The van der Waals surface area contributed by atoms with Crippen LogP contribution >= 0.6 is 0 Å². The lowest BCUT2D eigenvalue weighted by Crippen LogP contribution is -2.49. The number of amides is 1. The molecule has 188 valence electrons. The number of methoxy groups -OCH3 is 1. The van der Waals surface area contributed by atoms with Crippen LogP contribution in [-0.4, -0.2) is 60.7 Å². The zero-order valence-electron chi connectivity index (χ0n) is 20.3. The fourth-order valence-electron chi connectivity index (χ4n) is 5.59. The first-order valence-corrected chi connectivity index (χ1v) is 12.6. The number of carbonyl (C=O) groups excluding carboxylic acids is 1. The highest BCUT2D eigenvalue weighted by Gasteiger charge is 2.34. The van der Waals surface area contributed by atoms with Gasteiger partial charge in [0.2, 0.25) is 0 Å². The van der Waals surface area contributed by atoms with Crippen LogP contribution in [0, 0.1) is 11.7 Å². The molecule has 6 heterocycles. The van der Waals surface area contributed by atoms with E-state index in [1.807, 2.05) is 6.07 Å². The summed E-state index contributed by atoms with van der Waals surface area (Å²) in [5, 5.41) is 6.40. The molecule has 36 heavy (non-hydrogen) atoms. The van der Waals surface area contributed by atoms with Gasteiger partial charge in [-0.25, -0.2) is 4.39 Å². The number of fused-ring (bicyclic) bond motifs is 4. The number of H-pyrrole nitrogens is 1. The normalized spacial score (nSPS) is 23.2. The van der Waals surface area contributed by atoms with E-state index >= 15 is 0 Å². The largest absolute Gasteiger partial charge is 0.492 e. The predicted molar refractivity (Wildman–Crippen MR) is 135 cm³/mol. The fourth-order valence-corrected chi connectivity index (χ4v) is 5.59. The van der Waals surface area contributed by atoms with Crippen molar-refractivity contribution >= 4 is 17.3 Å². The summed E-state index contributed by atoms with van der Waals surface area (Å²) in [5.41, 5.74) is 3.98. The first-order chi connectivity index (χ1) is 17.6. The van der Waals surface area contributed by atoms with E-state index in [-0.39, 0.29) is 17.6 Å². The third-order valence-electron chi connectivity index (χ3n) is 7.44. The molecule has 8 nitrogen and oxygen atoms in total. The number of para-hydroxylation sites is 1. The number of aromatic nitrogens is 2. The number of aromatic amines is 1. The van der Waals surface area contributed by atoms with Crippen LogP contribution in [0.15, 0.2) is 36.7 Å². The number of halogens is 1. The summed E-state index contributed by atoms with van der Waals surface area (Å²) in [6.07, 6.45) is 6.59. The van der Waals surface area contributed by atoms with E-state index in [1.54, 1.807) is 24.5 Å². The second-order valence-corrected chi connectivity index (χ2v) is 9.82. The van der Waals surface area contributed by atoms with Gasteiger partial charge in [0.1, 0.15) is 5.75 Å². The molecule has 0 spiro atoms. The second kappa shape index (κ2) is 9.46. The number of nitrogens with one attached hydrogen (secondary N) is 3. The molecule has 4 aliphatic heterocycles. The molecule has 0 saturated carbocycles. The van der Waals surface area contributed by atoms with Crippen molar-refractivity contribution in [2.75, 3.05) is 45.2 Å². The zero-order valence-corrected chi connectivity index (χ0v) is 20.3. The van der Waals surface area contributed by atoms with Crippen molar-refractivity contribution in [3.63, 3.8) is 0 Å². The highest BCUT2D eigenvalue weighted by Crippen LogP contribution is 2.44. The Morgan fingerprint density at radius 1 is 1.25 bits per heavy atom. The van der Waals surface area contributed by atoms with Gasteiger partial charge in [-0.1, -0.05) is 12.5 Å². The van der Waals surface area contributed by atoms with Crippen LogP contribution in [0.5, 0.6) is 11.5 Å². The monoisotopic (exact) mass is 491 g/mol. The molecule has 4 bridgehead atoms. The summed E-state index contributed by atoms with van der Waals surface area (Å²) in [4.78, 5) is 23.6. The summed E-state index contributed by atoms with van der Waals surface area (Å²) < 4.78 is 26.1. The van der Waals surface area contributed by atoms with Crippen LogP contribution in [-0.2, 0) is 0 Å². The number of anilines is 2. The highest BCUT2D eigenvalue weighted by atomic mass is 19.1. The van der Waals surface area contributed by atoms with Gasteiger partial charge >= 0.3 is 0 Å². The van der Waals surface area contributed by atoms with Crippen molar-refractivity contribution in [2.24, 2.45) is 5.92 Å². The van der Waals surface area contributed by atoms with Gasteiger partial charge in [-0.2, -0.15) is 0 Å². The Morgan fingerprint density at radius 3 is 3.00 bits per heavy atom. The van der Waals surface area contributed by atoms with E-state index in [1.165, 1.54) is 13.2 Å². The molecule has 9 heteroatoms. The lowest BCUT2D eigenvalue weighted by atomic mass is 9.91. The van der Waals surface area contributed by atoms with Crippen molar-refractivity contribution in [1.82, 2.24) is 20.2 Å². The van der Waals surface area contributed by atoms with Gasteiger partial charge in [0.05, 0.1) is 42.5 Å². The molecular weight excluding hydrogens is 461 g/mol. The second-order valence-electron chi connectivity index (χ2n) is 9.82. The maximum atomic E-state index is 14.5. The smallest absolute Gasteiger partial charge is 0.255 e. The summed E-state index contributed by atoms with van der Waals surface area (Å²) in [5.74, 6) is 0.746. The average Bonchev–Trinajstić information content (AvgIpc) is 3.23. The Labute approximate surface area is 209 Å². The van der Waals surface area contributed by atoms with Crippen LogP contribution in [0.1, 0.15) is 41.2 Å². The molecule has 1 saturated heterocycles. The molecule has 1 aromatic carbocycles. The number of ether oxygens (including phenoxy) is 2. The maximum absolute atomic E-state index is 14.5. The van der Waals surface area contributed by atoms with Crippen LogP contribution in [0.3, 0.4) is 0 Å². The van der Waals surface area contributed by atoms with Gasteiger partial charge in [0.25, 0.3) is 5.91 Å². The quantitative estimate of drug-likeness (QED) is 0.506. The molecule has 0 aliphatic carbocycles. The zero-order chi connectivity index (χ0) is 24.6. The van der Waals surface area contributed by atoms with E-state index in [2.05, 4.69) is 25.5 Å². The molecule has 1 atom stereocenters. The minimum Gasteiger partial charge on any atom is -0.492 e. The van der Waals surface area contributed by atoms with Crippen molar-refractivity contribution in [3.8, 4) is 22.8 Å². The summed E-state index contributed by atoms with van der Waals surface area (Å²) in [6, 6.07) is 6.59. The van der Waals surface area contributed by atoms with Gasteiger partial charge in [0, 0.05) is 48.9 Å². The number of hydrogen-bond donors (Lipinski definition) is 3. The minimum absolute atomic E-state index is 0.0917. The maximum Gasteiger partial charge on any atom is 0.255 e. The molecular formula is C27H30FN5O3. The fraction of sp³-hybridized carbons (Fsp3) is 0.407. The van der Waals surface area contributed by atoms with Crippen molar-refractivity contribution < 1.29 is 18.7 Å². The van der Waals surface area contributed by atoms with E-state index in [9.17, 15) is 9.18 Å². The SMILES string of the molecule is COc1c(F)cccc1Nc1c2[nH]c3c1C(=O)NCC3CCCCN1CC(COc3cnccc3-2)C1. The lowest BCUT2D eigenvalue weighted by molar-refractivity contribution is 0.0607. The van der Waals surface area contributed by atoms with Gasteiger partial charge in [-0.05, 0) is 37.6 Å². The lowest BCUT2D eigenvalue weighted by Gasteiger charge is -2.39. The standard InChI is InChI=1S/C27H30FN5O3/c1-35-26-19(28)6-4-7-20(26)31-25-22-23-17(11-30-27(22)34)5-2-3-10-33-13-16(14-33)15-36-21-12-29-9-8-18(21)24(25)32-23/h4,6-9,12,16-17,31-32H,2-3,5,10-11,13-15H2,1H3,(H,30,34).